The fourth-order valence-electron chi connectivity index (χ4n) is 0.783. The molecule has 0 spiro atoms. The summed E-state index contributed by atoms with van der Waals surface area (Å²) < 4.78 is 90.9. The van der Waals surface area contributed by atoms with Crippen molar-refractivity contribution in [1.29, 1.82) is 0 Å². The van der Waals surface area contributed by atoms with Crippen LogP contribution >= 0.6 is 10.7 Å². The zero-order chi connectivity index (χ0) is 18.5. The Kier molecular flexibility index (Phi) is 7.03. The lowest BCUT2D eigenvalue weighted by molar-refractivity contribution is -0.221. The van der Waals surface area contributed by atoms with Gasteiger partial charge in [0, 0.05) is 10.7 Å². The number of ether oxygens (including phenoxy) is 1. The molecular formula is C10H5ClF6O5S. The Morgan fingerprint density at radius 2 is 1.22 bits per heavy atom. The summed E-state index contributed by atoms with van der Waals surface area (Å²) in [6.07, 6.45) is -11.2. The molecule has 0 saturated heterocycles. The van der Waals surface area contributed by atoms with Crippen LogP contribution in [0.1, 0.15) is 0 Å². The minimum absolute atomic E-state index is 0.136. The summed E-state index contributed by atoms with van der Waals surface area (Å²) in [5.41, 5.74) is 0. The SMILES string of the molecule is O=C(OC(=O)C(F)(F)F)C(F)(F)F.O=S(=O)(Cl)c1ccccc1. The molecule has 1 rings (SSSR count). The summed E-state index contributed by atoms with van der Waals surface area (Å²) in [4.78, 5) is 19.4. The molecule has 0 aliphatic heterocycles. The largest absolute Gasteiger partial charge is 0.491 e. The topological polar surface area (TPSA) is 77.5 Å². The third-order valence-corrected chi connectivity index (χ3v) is 3.04. The molecule has 0 unspecified atom stereocenters. The lowest BCUT2D eigenvalue weighted by atomic mass is 10.4. The molecule has 0 aromatic heterocycles. The second-order valence-electron chi connectivity index (χ2n) is 3.42. The summed E-state index contributed by atoms with van der Waals surface area (Å²) in [7, 11) is 1.50. The van der Waals surface area contributed by atoms with E-state index in [1.54, 1.807) is 18.2 Å². The van der Waals surface area contributed by atoms with Crippen molar-refractivity contribution in [3.63, 3.8) is 0 Å². The van der Waals surface area contributed by atoms with Gasteiger partial charge in [-0.25, -0.2) is 18.0 Å². The molecule has 0 aliphatic rings. The Labute approximate surface area is 129 Å². The molecule has 23 heavy (non-hydrogen) atoms. The molecule has 0 fully saturated rings. The lowest BCUT2D eigenvalue weighted by Gasteiger charge is -2.06. The number of alkyl halides is 6. The molecule has 0 atom stereocenters. The van der Waals surface area contributed by atoms with Crippen LogP contribution in [0.5, 0.6) is 0 Å². The lowest BCUT2D eigenvalue weighted by Crippen LogP contribution is -2.34. The summed E-state index contributed by atoms with van der Waals surface area (Å²) in [6, 6.07) is 7.86. The van der Waals surface area contributed by atoms with Crippen molar-refractivity contribution in [2.45, 2.75) is 17.2 Å². The van der Waals surface area contributed by atoms with Gasteiger partial charge < -0.3 is 4.74 Å². The van der Waals surface area contributed by atoms with Gasteiger partial charge in [-0.1, -0.05) is 18.2 Å². The molecule has 5 nitrogen and oxygen atoms in total. The number of carbonyl (C=O) groups is 2. The van der Waals surface area contributed by atoms with Crippen LogP contribution in [-0.2, 0) is 23.4 Å². The third kappa shape index (κ3) is 8.40. The molecular weight excluding hydrogens is 382 g/mol. The van der Waals surface area contributed by atoms with Gasteiger partial charge in [0.2, 0.25) is 0 Å². The normalized spacial score (nSPS) is 12.0. The molecule has 1 aromatic carbocycles. The van der Waals surface area contributed by atoms with Crippen molar-refractivity contribution in [3.8, 4) is 0 Å². The Balaban J connectivity index is 0.000000433. The van der Waals surface area contributed by atoms with Crippen molar-refractivity contribution in [1.82, 2.24) is 0 Å². The van der Waals surface area contributed by atoms with Crippen LogP contribution in [0.2, 0.25) is 0 Å². The van der Waals surface area contributed by atoms with Gasteiger partial charge in [0.05, 0.1) is 4.90 Å². The molecule has 130 valence electrons. The van der Waals surface area contributed by atoms with Crippen LogP contribution in [0.15, 0.2) is 35.2 Å². The number of hydrogen-bond donors (Lipinski definition) is 0. The second kappa shape index (κ2) is 7.64. The second-order valence-corrected chi connectivity index (χ2v) is 5.99. The maximum atomic E-state index is 11.2. The number of hydrogen-bond acceptors (Lipinski definition) is 5. The standard InChI is InChI=1S/C6H5ClO2S.C4F6O3/c7-10(8,9)6-4-2-1-3-5-6;5-3(6,7)1(11)13-2(12)4(8,9)10/h1-5H;. The fourth-order valence-corrected chi connectivity index (χ4v) is 1.57. The molecule has 0 radical (unpaired) electrons. The van der Waals surface area contributed by atoms with E-state index in [1.165, 1.54) is 12.1 Å². The van der Waals surface area contributed by atoms with E-state index in [0.29, 0.717) is 0 Å². The first-order chi connectivity index (χ1) is 10.2. The molecule has 0 heterocycles. The Hall–Kier alpha value is -1.82. The number of halogens is 7. The highest BCUT2D eigenvalue weighted by atomic mass is 35.7. The van der Waals surface area contributed by atoms with Crippen molar-refractivity contribution < 1.29 is 49.1 Å². The van der Waals surface area contributed by atoms with Crippen LogP contribution in [-0.4, -0.2) is 32.7 Å². The van der Waals surface area contributed by atoms with Crippen molar-refractivity contribution in [3.05, 3.63) is 30.3 Å². The first-order valence-corrected chi connectivity index (χ1v) is 7.36. The van der Waals surface area contributed by atoms with Gasteiger partial charge >= 0.3 is 24.3 Å². The average molecular weight is 387 g/mol. The summed E-state index contributed by atoms with van der Waals surface area (Å²) >= 11 is 0. The van der Waals surface area contributed by atoms with E-state index in [9.17, 15) is 44.3 Å². The predicted molar refractivity (Wildman–Crippen MR) is 62.7 cm³/mol. The van der Waals surface area contributed by atoms with Crippen molar-refractivity contribution >= 4 is 31.7 Å². The van der Waals surface area contributed by atoms with E-state index in [0.717, 1.165) is 0 Å². The summed E-state index contributed by atoms with van der Waals surface area (Å²) in [5, 5.41) is 0. The van der Waals surface area contributed by atoms with Gasteiger partial charge in [0.15, 0.2) is 0 Å². The van der Waals surface area contributed by atoms with Crippen molar-refractivity contribution in [2.75, 3.05) is 0 Å². The zero-order valence-electron chi connectivity index (χ0n) is 10.5. The maximum Gasteiger partial charge on any atom is 0.491 e. The van der Waals surface area contributed by atoms with E-state index < -0.39 is 33.3 Å². The van der Waals surface area contributed by atoms with E-state index in [4.69, 9.17) is 10.7 Å². The zero-order valence-corrected chi connectivity index (χ0v) is 12.1. The smallest absolute Gasteiger partial charge is 0.380 e. The minimum atomic E-state index is -5.62. The first-order valence-electron chi connectivity index (χ1n) is 5.05. The molecule has 0 saturated carbocycles. The number of esters is 2. The number of benzene rings is 1. The highest BCUT2D eigenvalue weighted by molar-refractivity contribution is 8.13. The molecule has 0 N–H and O–H groups in total. The Morgan fingerprint density at radius 1 is 0.870 bits per heavy atom. The van der Waals surface area contributed by atoms with E-state index in [-0.39, 0.29) is 4.90 Å². The van der Waals surface area contributed by atoms with Crippen LogP contribution in [0.4, 0.5) is 26.3 Å². The first kappa shape index (κ1) is 21.2. The van der Waals surface area contributed by atoms with Crippen LogP contribution in [0.25, 0.3) is 0 Å². The van der Waals surface area contributed by atoms with Crippen LogP contribution in [0, 0.1) is 0 Å². The molecule has 13 heteroatoms. The Bertz CT molecular complexity index is 629. The summed E-state index contributed by atoms with van der Waals surface area (Å²) in [6.45, 7) is 0. The highest BCUT2D eigenvalue weighted by Crippen LogP contribution is 2.21. The van der Waals surface area contributed by atoms with E-state index >= 15 is 0 Å². The molecule has 0 bridgehead atoms. The van der Waals surface area contributed by atoms with Gasteiger partial charge in [-0.2, -0.15) is 26.3 Å². The predicted octanol–water partition coefficient (Wildman–Crippen LogP) is 2.79. The number of rotatable bonds is 1. The summed E-state index contributed by atoms with van der Waals surface area (Å²) in [5.74, 6) is -6.40. The van der Waals surface area contributed by atoms with Gasteiger partial charge in [0.1, 0.15) is 0 Å². The van der Waals surface area contributed by atoms with Gasteiger partial charge in [-0.05, 0) is 12.1 Å². The van der Waals surface area contributed by atoms with Gasteiger partial charge in [-0.15, -0.1) is 0 Å². The van der Waals surface area contributed by atoms with Crippen LogP contribution < -0.4 is 0 Å². The minimum Gasteiger partial charge on any atom is -0.380 e. The monoisotopic (exact) mass is 386 g/mol. The molecule has 0 aliphatic carbocycles. The molecule has 1 aromatic rings. The Morgan fingerprint density at radius 3 is 1.43 bits per heavy atom. The number of carbonyl (C=O) groups excluding carboxylic acids is 2. The molecule has 0 amide bonds. The quantitative estimate of drug-likeness (QED) is 0.321. The van der Waals surface area contributed by atoms with E-state index in [2.05, 4.69) is 4.74 Å². The third-order valence-electron chi connectivity index (χ3n) is 1.67. The fraction of sp³-hybridized carbons (Fsp3) is 0.200. The maximum absolute atomic E-state index is 11.2. The highest BCUT2D eigenvalue weighted by Gasteiger charge is 2.49. The average Bonchev–Trinajstić information content (AvgIpc) is 2.37. The van der Waals surface area contributed by atoms with Crippen molar-refractivity contribution in [2.24, 2.45) is 0 Å². The van der Waals surface area contributed by atoms with E-state index in [1.807, 2.05) is 0 Å². The van der Waals surface area contributed by atoms with Gasteiger partial charge in [0.25, 0.3) is 9.05 Å². The van der Waals surface area contributed by atoms with Gasteiger partial charge in [-0.3, -0.25) is 0 Å². The van der Waals surface area contributed by atoms with Crippen LogP contribution in [0.3, 0.4) is 0 Å².